The fourth-order valence-corrected chi connectivity index (χ4v) is 2.51. The summed E-state index contributed by atoms with van der Waals surface area (Å²) >= 11 is 1.73. The summed E-state index contributed by atoms with van der Waals surface area (Å²) in [5.74, 6) is 2.02. The highest BCUT2D eigenvalue weighted by Gasteiger charge is 2.15. The Morgan fingerprint density at radius 3 is 3.07 bits per heavy atom. The van der Waals surface area contributed by atoms with E-state index in [1.54, 1.807) is 11.8 Å². The molecule has 1 saturated heterocycles. The quantitative estimate of drug-likeness (QED) is 0.718. The zero-order valence-corrected chi connectivity index (χ0v) is 10.5. The molecule has 4 heteroatoms. The number of carbonyl (C=O) groups excluding carboxylic acids is 1. The van der Waals surface area contributed by atoms with Gasteiger partial charge in [0.05, 0.1) is 0 Å². The fraction of sp³-hybridized carbons (Fsp3) is 0.909. The van der Waals surface area contributed by atoms with E-state index in [9.17, 15) is 4.79 Å². The van der Waals surface area contributed by atoms with E-state index in [1.807, 2.05) is 13.2 Å². The second-order valence-corrected chi connectivity index (χ2v) is 5.21. The van der Waals surface area contributed by atoms with Crippen LogP contribution in [0.25, 0.3) is 0 Å². The fourth-order valence-electron chi connectivity index (χ4n) is 1.86. The van der Waals surface area contributed by atoms with E-state index in [1.165, 1.54) is 6.42 Å². The van der Waals surface area contributed by atoms with Crippen LogP contribution in [0.2, 0.25) is 0 Å². The van der Waals surface area contributed by atoms with Gasteiger partial charge in [0.25, 0.3) is 0 Å². The highest BCUT2D eigenvalue weighted by Crippen LogP contribution is 2.11. The molecule has 1 fully saturated rings. The number of hydrogen-bond donors (Lipinski definition) is 2. The van der Waals surface area contributed by atoms with Gasteiger partial charge in [0.2, 0.25) is 5.91 Å². The van der Waals surface area contributed by atoms with Crippen molar-refractivity contribution in [3.63, 3.8) is 0 Å². The molecule has 0 radical (unpaired) electrons. The Balaban J connectivity index is 2.05. The SMILES string of the molecule is CSCC(C)C(=O)NCCC1CCNC1. The molecule has 0 bridgehead atoms. The molecule has 1 amide bonds. The van der Waals surface area contributed by atoms with Gasteiger partial charge in [-0.15, -0.1) is 0 Å². The predicted molar refractivity (Wildman–Crippen MR) is 66.1 cm³/mol. The van der Waals surface area contributed by atoms with Gasteiger partial charge in [-0.25, -0.2) is 0 Å². The molecule has 1 aliphatic heterocycles. The van der Waals surface area contributed by atoms with Crippen LogP contribution in [0, 0.1) is 11.8 Å². The molecule has 15 heavy (non-hydrogen) atoms. The molecule has 88 valence electrons. The molecule has 1 rings (SSSR count). The van der Waals surface area contributed by atoms with Gasteiger partial charge in [-0.1, -0.05) is 6.92 Å². The normalized spacial score (nSPS) is 22.7. The van der Waals surface area contributed by atoms with Gasteiger partial charge < -0.3 is 10.6 Å². The molecule has 3 nitrogen and oxygen atoms in total. The highest BCUT2D eigenvalue weighted by molar-refractivity contribution is 7.98. The Kier molecular flexibility index (Phi) is 6.10. The molecule has 0 spiro atoms. The van der Waals surface area contributed by atoms with Crippen LogP contribution in [0.3, 0.4) is 0 Å². The van der Waals surface area contributed by atoms with Crippen molar-refractivity contribution in [3.05, 3.63) is 0 Å². The summed E-state index contributed by atoms with van der Waals surface area (Å²) in [5.41, 5.74) is 0. The Hall–Kier alpha value is -0.220. The van der Waals surface area contributed by atoms with Crippen LogP contribution in [0.4, 0.5) is 0 Å². The highest BCUT2D eigenvalue weighted by atomic mass is 32.2. The van der Waals surface area contributed by atoms with Gasteiger partial charge in [0.1, 0.15) is 0 Å². The van der Waals surface area contributed by atoms with E-state index in [0.717, 1.165) is 37.7 Å². The van der Waals surface area contributed by atoms with Crippen molar-refractivity contribution in [1.29, 1.82) is 0 Å². The lowest BCUT2D eigenvalue weighted by molar-refractivity contribution is -0.123. The van der Waals surface area contributed by atoms with E-state index in [2.05, 4.69) is 10.6 Å². The van der Waals surface area contributed by atoms with E-state index in [-0.39, 0.29) is 11.8 Å². The van der Waals surface area contributed by atoms with Crippen molar-refractivity contribution in [2.45, 2.75) is 19.8 Å². The third kappa shape index (κ3) is 4.89. The molecule has 1 heterocycles. The van der Waals surface area contributed by atoms with Gasteiger partial charge in [0, 0.05) is 18.2 Å². The molecule has 0 aliphatic carbocycles. The summed E-state index contributed by atoms with van der Waals surface area (Å²) in [4.78, 5) is 11.6. The molecular weight excluding hydrogens is 208 g/mol. The second-order valence-electron chi connectivity index (χ2n) is 4.29. The molecule has 2 N–H and O–H groups in total. The Morgan fingerprint density at radius 2 is 2.47 bits per heavy atom. The van der Waals surface area contributed by atoms with E-state index >= 15 is 0 Å². The molecule has 2 atom stereocenters. The van der Waals surface area contributed by atoms with E-state index in [4.69, 9.17) is 0 Å². The standard InChI is InChI=1S/C11H22N2OS/c1-9(8-15-2)11(14)13-6-4-10-3-5-12-7-10/h9-10,12H,3-8H2,1-2H3,(H,13,14). The number of carbonyl (C=O) groups is 1. The topological polar surface area (TPSA) is 41.1 Å². The second kappa shape index (κ2) is 7.12. The van der Waals surface area contributed by atoms with Gasteiger partial charge in [-0.3, -0.25) is 4.79 Å². The van der Waals surface area contributed by atoms with Crippen LogP contribution in [-0.4, -0.2) is 37.6 Å². The lowest BCUT2D eigenvalue weighted by Gasteiger charge is -2.12. The number of nitrogens with one attached hydrogen (secondary N) is 2. The van der Waals surface area contributed by atoms with Gasteiger partial charge in [-0.05, 0) is 38.1 Å². The van der Waals surface area contributed by atoms with Crippen LogP contribution in [0.1, 0.15) is 19.8 Å². The van der Waals surface area contributed by atoms with Gasteiger partial charge >= 0.3 is 0 Å². The zero-order chi connectivity index (χ0) is 11.1. The first kappa shape index (κ1) is 12.8. The molecular formula is C11H22N2OS. The third-order valence-corrected chi connectivity index (χ3v) is 3.71. The maximum Gasteiger partial charge on any atom is 0.223 e. The molecule has 0 saturated carbocycles. The van der Waals surface area contributed by atoms with Gasteiger partial charge in [-0.2, -0.15) is 11.8 Å². The van der Waals surface area contributed by atoms with Crippen molar-refractivity contribution < 1.29 is 4.79 Å². The average Bonchev–Trinajstić information content (AvgIpc) is 2.71. The average molecular weight is 230 g/mol. The van der Waals surface area contributed by atoms with E-state index < -0.39 is 0 Å². The molecule has 2 unspecified atom stereocenters. The lowest BCUT2D eigenvalue weighted by atomic mass is 10.1. The van der Waals surface area contributed by atoms with Crippen molar-refractivity contribution in [2.75, 3.05) is 31.6 Å². The smallest absolute Gasteiger partial charge is 0.223 e. The number of amides is 1. The summed E-state index contributed by atoms with van der Waals surface area (Å²) < 4.78 is 0. The Labute approximate surface area is 96.8 Å². The Bertz CT molecular complexity index is 193. The van der Waals surface area contributed by atoms with Gasteiger partial charge in [0.15, 0.2) is 0 Å². The lowest BCUT2D eigenvalue weighted by Crippen LogP contribution is -2.32. The third-order valence-electron chi connectivity index (χ3n) is 2.88. The summed E-state index contributed by atoms with van der Waals surface area (Å²) in [6.07, 6.45) is 4.41. The Morgan fingerprint density at radius 1 is 1.67 bits per heavy atom. The van der Waals surface area contributed by atoms with Crippen molar-refractivity contribution in [2.24, 2.45) is 11.8 Å². The van der Waals surface area contributed by atoms with Crippen LogP contribution in [-0.2, 0) is 4.79 Å². The van der Waals surface area contributed by atoms with Crippen molar-refractivity contribution in [3.8, 4) is 0 Å². The van der Waals surface area contributed by atoms with Crippen LogP contribution >= 0.6 is 11.8 Å². The summed E-state index contributed by atoms with van der Waals surface area (Å²) in [6.45, 7) is 5.09. The zero-order valence-electron chi connectivity index (χ0n) is 9.71. The summed E-state index contributed by atoms with van der Waals surface area (Å²) in [6, 6.07) is 0. The van der Waals surface area contributed by atoms with Crippen molar-refractivity contribution in [1.82, 2.24) is 10.6 Å². The number of thioether (sulfide) groups is 1. The molecule has 0 aromatic carbocycles. The van der Waals surface area contributed by atoms with Crippen molar-refractivity contribution >= 4 is 17.7 Å². The number of hydrogen-bond acceptors (Lipinski definition) is 3. The van der Waals surface area contributed by atoms with E-state index in [0.29, 0.717) is 0 Å². The van der Waals surface area contributed by atoms with Crippen LogP contribution in [0.15, 0.2) is 0 Å². The summed E-state index contributed by atoms with van der Waals surface area (Å²) in [5, 5.41) is 6.35. The molecule has 0 aromatic rings. The minimum absolute atomic E-state index is 0.140. The minimum Gasteiger partial charge on any atom is -0.356 e. The monoisotopic (exact) mass is 230 g/mol. The first-order valence-electron chi connectivity index (χ1n) is 5.71. The number of rotatable bonds is 6. The predicted octanol–water partition coefficient (Wildman–Crippen LogP) is 1.10. The summed E-state index contributed by atoms with van der Waals surface area (Å²) in [7, 11) is 0. The molecule has 0 aromatic heterocycles. The minimum atomic E-state index is 0.140. The first-order chi connectivity index (χ1) is 7.24. The maximum absolute atomic E-state index is 11.6. The molecule has 1 aliphatic rings. The van der Waals surface area contributed by atoms with Crippen LogP contribution < -0.4 is 10.6 Å². The van der Waals surface area contributed by atoms with Crippen LogP contribution in [0.5, 0.6) is 0 Å². The first-order valence-corrected chi connectivity index (χ1v) is 7.10. The largest absolute Gasteiger partial charge is 0.356 e. The maximum atomic E-state index is 11.6.